The van der Waals surface area contributed by atoms with Crippen molar-refractivity contribution in [2.75, 3.05) is 0 Å². The van der Waals surface area contributed by atoms with Gasteiger partial charge in [-0.1, -0.05) is 0 Å². The first-order valence-electron chi connectivity index (χ1n) is 5.41. The molecular weight excluding hydrogens is 237 g/mol. The molecule has 0 amide bonds. The van der Waals surface area contributed by atoms with Crippen LogP contribution in [-0.2, 0) is 6.61 Å². The third-order valence-corrected chi connectivity index (χ3v) is 2.92. The van der Waals surface area contributed by atoms with Crippen LogP contribution in [-0.4, -0.2) is 19.5 Å². The first kappa shape index (κ1) is 10.9. The molecule has 0 spiro atoms. The topological polar surface area (TPSA) is 70.4 Å². The SMILES string of the molecule is Cc1cc(F)c2c(=O)[nH]c3cc(CO)cnc3n12. The molecule has 0 atom stereocenters. The fourth-order valence-corrected chi connectivity index (χ4v) is 2.12. The van der Waals surface area contributed by atoms with E-state index in [0.717, 1.165) is 0 Å². The highest BCUT2D eigenvalue weighted by molar-refractivity contribution is 5.75. The van der Waals surface area contributed by atoms with Gasteiger partial charge < -0.3 is 10.1 Å². The van der Waals surface area contributed by atoms with Crippen LogP contribution in [0.25, 0.3) is 16.7 Å². The fraction of sp³-hybridized carbons (Fsp3) is 0.167. The molecule has 6 heteroatoms. The van der Waals surface area contributed by atoms with E-state index in [1.807, 2.05) is 0 Å². The molecule has 5 nitrogen and oxygen atoms in total. The van der Waals surface area contributed by atoms with Crippen molar-refractivity contribution < 1.29 is 9.50 Å². The summed E-state index contributed by atoms with van der Waals surface area (Å²) in [6, 6.07) is 2.92. The minimum atomic E-state index is -0.566. The number of pyridine rings is 1. The van der Waals surface area contributed by atoms with E-state index in [-0.39, 0.29) is 12.1 Å². The van der Waals surface area contributed by atoms with Gasteiger partial charge in [-0.15, -0.1) is 0 Å². The Hall–Kier alpha value is -2.21. The zero-order chi connectivity index (χ0) is 12.9. The molecular formula is C12H10FN3O2. The predicted octanol–water partition coefficient (Wildman–Crippen LogP) is 1.12. The molecule has 3 heterocycles. The van der Waals surface area contributed by atoms with Crippen molar-refractivity contribution in [3.63, 3.8) is 0 Å². The molecule has 0 aromatic carbocycles. The van der Waals surface area contributed by atoms with E-state index < -0.39 is 11.4 Å². The zero-order valence-corrected chi connectivity index (χ0v) is 9.57. The summed E-state index contributed by atoms with van der Waals surface area (Å²) < 4.78 is 15.1. The molecule has 0 saturated carbocycles. The molecule has 0 aliphatic carbocycles. The minimum absolute atomic E-state index is 0.0377. The molecule has 3 aromatic rings. The van der Waals surface area contributed by atoms with Crippen molar-refractivity contribution in [3.05, 3.63) is 45.8 Å². The first-order chi connectivity index (χ1) is 8.61. The van der Waals surface area contributed by atoms with Crippen LogP contribution in [0.4, 0.5) is 4.39 Å². The van der Waals surface area contributed by atoms with E-state index in [1.165, 1.54) is 16.7 Å². The number of rotatable bonds is 1. The molecule has 3 rings (SSSR count). The van der Waals surface area contributed by atoms with Gasteiger partial charge in [-0.25, -0.2) is 9.37 Å². The van der Waals surface area contributed by atoms with E-state index in [2.05, 4.69) is 9.97 Å². The van der Waals surface area contributed by atoms with Crippen molar-refractivity contribution >= 4 is 16.7 Å². The smallest absolute Gasteiger partial charge is 0.275 e. The van der Waals surface area contributed by atoms with E-state index in [4.69, 9.17) is 5.11 Å². The number of aryl methyl sites for hydroxylation is 1. The van der Waals surface area contributed by atoms with Crippen LogP contribution in [0.15, 0.2) is 23.1 Å². The number of H-pyrrole nitrogens is 1. The highest BCUT2D eigenvalue weighted by Crippen LogP contribution is 2.17. The Morgan fingerprint density at radius 1 is 1.50 bits per heavy atom. The number of fused-ring (bicyclic) bond motifs is 3. The second kappa shape index (κ2) is 3.64. The first-order valence-corrected chi connectivity index (χ1v) is 5.41. The van der Waals surface area contributed by atoms with Crippen LogP contribution in [0.1, 0.15) is 11.3 Å². The van der Waals surface area contributed by atoms with Crippen LogP contribution in [0.5, 0.6) is 0 Å². The van der Waals surface area contributed by atoms with Gasteiger partial charge in [0.15, 0.2) is 11.5 Å². The lowest BCUT2D eigenvalue weighted by molar-refractivity contribution is 0.281. The number of hydrogen-bond donors (Lipinski definition) is 2. The summed E-state index contributed by atoms with van der Waals surface area (Å²) in [4.78, 5) is 18.6. The largest absolute Gasteiger partial charge is 0.392 e. The average molecular weight is 247 g/mol. The number of halogens is 1. The summed E-state index contributed by atoms with van der Waals surface area (Å²) in [5, 5.41) is 9.04. The van der Waals surface area contributed by atoms with E-state index in [9.17, 15) is 9.18 Å². The number of hydrogen-bond acceptors (Lipinski definition) is 3. The zero-order valence-electron chi connectivity index (χ0n) is 9.57. The number of aliphatic hydroxyl groups is 1. The molecule has 0 unspecified atom stereocenters. The van der Waals surface area contributed by atoms with Gasteiger partial charge in [0.25, 0.3) is 5.56 Å². The molecule has 0 saturated heterocycles. The number of aromatic amines is 1. The molecule has 2 N–H and O–H groups in total. The van der Waals surface area contributed by atoms with Crippen LogP contribution in [0.3, 0.4) is 0 Å². The minimum Gasteiger partial charge on any atom is -0.392 e. The summed E-state index contributed by atoms with van der Waals surface area (Å²) >= 11 is 0. The lowest BCUT2D eigenvalue weighted by Gasteiger charge is -2.04. The van der Waals surface area contributed by atoms with Gasteiger partial charge in [0, 0.05) is 11.9 Å². The standard InChI is InChI=1S/C12H10FN3O2/c1-6-2-8(13)10-12(18)15-9-3-7(5-17)4-14-11(9)16(6)10/h2-4,17H,5H2,1H3,(H,15,18). The Bertz CT molecular complexity index is 819. The highest BCUT2D eigenvalue weighted by Gasteiger charge is 2.13. The molecule has 92 valence electrons. The fourth-order valence-electron chi connectivity index (χ4n) is 2.12. The van der Waals surface area contributed by atoms with Crippen LogP contribution < -0.4 is 5.56 Å². The van der Waals surface area contributed by atoms with Crippen molar-refractivity contribution in [1.29, 1.82) is 0 Å². The van der Waals surface area contributed by atoms with Crippen LogP contribution in [0.2, 0.25) is 0 Å². The maximum atomic E-state index is 13.6. The Morgan fingerprint density at radius 2 is 2.28 bits per heavy atom. The Morgan fingerprint density at radius 3 is 3.00 bits per heavy atom. The molecule has 0 radical (unpaired) electrons. The third kappa shape index (κ3) is 1.36. The summed E-state index contributed by atoms with van der Waals surface area (Å²) in [5.41, 5.74) is 1.57. The molecule has 18 heavy (non-hydrogen) atoms. The molecule has 3 aromatic heterocycles. The molecule has 0 aliphatic heterocycles. The van der Waals surface area contributed by atoms with Gasteiger partial charge in [-0.05, 0) is 24.6 Å². The van der Waals surface area contributed by atoms with E-state index in [1.54, 1.807) is 13.0 Å². The maximum Gasteiger partial charge on any atom is 0.275 e. The summed E-state index contributed by atoms with van der Waals surface area (Å²) in [6.45, 7) is 1.54. The summed E-state index contributed by atoms with van der Waals surface area (Å²) in [7, 11) is 0. The van der Waals surface area contributed by atoms with Gasteiger partial charge in [-0.3, -0.25) is 9.20 Å². The average Bonchev–Trinajstić information content (AvgIpc) is 2.65. The number of nitrogens with one attached hydrogen (secondary N) is 1. The Balaban J connectivity index is 2.57. The second-order valence-electron chi connectivity index (χ2n) is 4.14. The molecule has 0 bridgehead atoms. The Labute approximate surface area is 101 Å². The monoisotopic (exact) mass is 247 g/mol. The van der Waals surface area contributed by atoms with Crippen LogP contribution in [0, 0.1) is 12.7 Å². The second-order valence-corrected chi connectivity index (χ2v) is 4.14. The van der Waals surface area contributed by atoms with Crippen molar-refractivity contribution in [1.82, 2.24) is 14.4 Å². The predicted molar refractivity (Wildman–Crippen MR) is 63.9 cm³/mol. The molecule has 0 aliphatic rings. The number of aromatic nitrogens is 3. The van der Waals surface area contributed by atoms with E-state index >= 15 is 0 Å². The summed E-state index contributed by atoms with van der Waals surface area (Å²) in [6.07, 6.45) is 1.50. The Kier molecular flexibility index (Phi) is 2.21. The van der Waals surface area contributed by atoms with Crippen molar-refractivity contribution in [3.8, 4) is 0 Å². The van der Waals surface area contributed by atoms with E-state index in [0.29, 0.717) is 22.4 Å². The highest BCUT2D eigenvalue weighted by atomic mass is 19.1. The van der Waals surface area contributed by atoms with Gasteiger partial charge in [0.2, 0.25) is 0 Å². The van der Waals surface area contributed by atoms with Gasteiger partial charge in [-0.2, -0.15) is 0 Å². The van der Waals surface area contributed by atoms with Gasteiger partial charge in [0.1, 0.15) is 5.52 Å². The third-order valence-electron chi connectivity index (χ3n) is 2.92. The quantitative estimate of drug-likeness (QED) is 0.676. The van der Waals surface area contributed by atoms with Gasteiger partial charge in [0.05, 0.1) is 12.1 Å². The molecule has 0 fully saturated rings. The van der Waals surface area contributed by atoms with Crippen LogP contribution >= 0.6 is 0 Å². The normalized spacial score (nSPS) is 11.5. The number of nitrogens with zero attached hydrogens (tertiary/aromatic N) is 2. The van der Waals surface area contributed by atoms with Crippen molar-refractivity contribution in [2.45, 2.75) is 13.5 Å². The lowest BCUT2D eigenvalue weighted by Crippen LogP contribution is -2.12. The number of aliphatic hydroxyl groups excluding tert-OH is 1. The summed E-state index contributed by atoms with van der Waals surface area (Å²) in [5.74, 6) is -0.566. The van der Waals surface area contributed by atoms with Crippen molar-refractivity contribution in [2.24, 2.45) is 0 Å². The lowest BCUT2D eigenvalue weighted by atomic mass is 10.3. The van der Waals surface area contributed by atoms with Gasteiger partial charge >= 0.3 is 0 Å². The maximum absolute atomic E-state index is 13.6.